The molecule has 2 aromatic rings. The smallest absolute Gasteiger partial charge is 0.253 e. The maximum atomic E-state index is 12.3. The fourth-order valence-corrected chi connectivity index (χ4v) is 2.60. The van der Waals surface area contributed by atoms with Gasteiger partial charge in [-0.15, -0.1) is 0 Å². The van der Waals surface area contributed by atoms with Gasteiger partial charge in [0.25, 0.3) is 5.91 Å². The van der Waals surface area contributed by atoms with Crippen LogP contribution in [0, 0.1) is 20.8 Å². The first kappa shape index (κ1) is 16.3. The zero-order valence-corrected chi connectivity index (χ0v) is 13.8. The summed E-state index contributed by atoms with van der Waals surface area (Å²) < 4.78 is 7.10. The maximum Gasteiger partial charge on any atom is 0.253 e. The van der Waals surface area contributed by atoms with Gasteiger partial charge < -0.3 is 14.6 Å². The minimum Gasteiger partial charge on any atom is -0.385 e. The fourth-order valence-electron chi connectivity index (χ4n) is 2.60. The van der Waals surface area contributed by atoms with E-state index in [0.29, 0.717) is 13.2 Å². The lowest BCUT2D eigenvalue weighted by Crippen LogP contribution is -2.25. The Morgan fingerprint density at radius 2 is 1.86 bits per heavy atom. The van der Waals surface area contributed by atoms with E-state index in [-0.39, 0.29) is 5.91 Å². The summed E-state index contributed by atoms with van der Waals surface area (Å²) in [6.07, 6.45) is 0.818. The normalized spacial score (nSPS) is 10.7. The third kappa shape index (κ3) is 3.57. The molecule has 1 aromatic heterocycles. The summed E-state index contributed by atoms with van der Waals surface area (Å²) in [4.78, 5) is 12.3. The second-order valence-corrected chi connectivity index (χ2v) is 5.56. The summed E-state index contributed by atoms with van der Waals surface area (Å²) in [6, 6.07) is 10.3. The van der Waals surface area contributed by atoms with Gasteiger partial charge in [0, 0.05) is 37.3 Å². The maximum absolute atomic E-state index is 12.3. The quantitative estimate of drug-likeness (QED) is 0.833. The van der Waals surface area contributed by atoms with Crippen molar-refractivity contribution in [3.8, 4) is 5.69 Å². The van der Waals surface area contributed by atoms with Crippen molar-refractivity contribution in [1.82, 2.24) is 9.88 Å². The van der Waals surface area contributed by atoms with Crippen LogP contribution in [-0.4, -0.2) is 30.7 Å². The Kier molecular flexibility index (Phi) is 5.39. The second-order valence-electron chi connectivity index (χ2n) is 5.56. The summed E-state index contributed by atoms with van der Waals surface area (Å²) in [7, 11) is 1.66. The van der Waals surface area contributed by atoms with Crippen molar-refractivity contribution in [1.29, 1.82) is 0 Å². The monoisotopic (exact) mass is 300 g/mol. The largest absolute Gasteiger partial charge is 0.385 e. The van der Waals surface area contributed by atoms with Gasteiger partial charge in [-0.05, 0) is 45.4 Å². The van der Waals surface area contributed by atoms with Gasteiger partial charge in [-0.3, -0.25) is 4.79 Å². The summed E-state index contributed by atoms with van der Waals surface area (Å²) in [5.41, 5.74) is 5.06. The molecular weight excluding hydrogens is 276 g/mol. The van der Waals surface area contributed by atoms with E-state index in [1.807, 2.05) is 19.9 Å². The molecule has 1 heterocycles. The van der Waals surface area contributed by atoms with Gasteiger partial charge in [0.05, 0.1) is 5.56 Å². The molecule has 0 aliphatic carbocycles. The first-order chi connectivity index (χ1) is 10.5. The molecule has 0 saturated heterocycles. The molecule has 0 bridgehead atoms. The SMILES string of the molecule is COCCCNC(=O)c1cc(C)n(-c2ccc(C)cc2)c1C. The van der Waals surface area contributed by atoms with Crippen molar-refractivity contribution < 1.29 is 9.53 Å². The molecule has 0 fully saturated rings. The summed E-state index contributed by atoms with van der Waals surface area (Å²) >= 11 is 0. The molecule has 0 saturated carbocycles. The van der Waals surface area contributed by atoms with E-state index in [9.17, 15) is 4.79 Å². The van der Waals surface area contributed by atoms with Gasteiger partial charge in [-0.25, -0.2) is 0 Å². The zero-order valence-electron chi connectivity index (χ0n) is 13.8. The molecule has 4 nitrogen and oxygen atoms in total. The van der Waals surface area contributed by atoms with Crippen molar-refractivity contribution in [2.75, 3.05) is 20.3 Å². The van der Waals surface area contributed by atoms with E-state index in [1.165, 1.54) is 5.56 Å². The van der Waals surface area contributed by atoms with Gasteiger partial charge in [0.1, 0.15) is 0 Å². The minimum absolute atomic E-state index is 0.0254. The van der Waals surface area contributed by atoms with E-state index in [1.54, 1.807) is 7.11 Å². The number of hydrogen-bond donors (Lipinski definition) is 1. The van der Waals surface area contributed by atoms with Crippen LogP contribution in [0.2, 0.25) is 0 Å². The van der Waals surface area contributed by atoms with Crippen LogP contribution < -0.4 is 5.32 Å². The van der Waals surface area contributed by atoms with E-state index in [2.05, 4.69) is 41.1 Å². The van der Waals surface area contributed by atoms with Gasteiger partial charge in [0.15, 0.2) is 0 Å². The zero-order chi connectivity index (χ0) is 16.1. The summed E-state index contributed by atoms with van der Waals surface area (Å²) in [5.74, 6) is -0.0254. The third-order valence-electron chi connectivity index (χ3n) is 3.78. The van der Waals surface area contributed by atoms with Crippen molar-refractivity contribution in [2.45, 2.75) is 27.2 Å². The Bertz CT molecular complexity index is 642. The Morgan fingerprint density at radius 3 is 2.50 bits per heavy atom. The molecule has 1 amide bonds. The van der Waals surface area contributed by atoms with Gasteiger partial charge >= 0.3 is 0 Å². The number of aromatic nitrogens is 1. The van der Waals surface area contributed by atoms with Crippen molar-refractivity contribution in [3.05, 3.63) is 52.8 Å². The lowest BCUT2D eigenvalue weighted by molar-refractivity contribution is 0.0948. The lowest BCUT2D eigenvalue weighted by atomic mass is 10.2. The Hall–Kier alpha value is -2.07. The molecule has 0 spiro atoms. The lowest BCUT2D eigenvalue weighted by Gasteiger charge is -2.10. The number of nitrogens with zero attached hydrogens (tertiary/aromatic N) is 1. The van der Waals surface area contributed by atoms with Crippen LogP contribution in [-0.2, 0) is 4.74 Å². The summed E-state index contributed by atoms with van der Waals surface area (Å²) in [5, 5.41) is 2.94. The predicted molar refractivity (Wildman–Crippen MR) is 88.8 cm³/mol. The van der Waals surface area contributed by atoms with Crippen molar-refractivity contribution >= 4 is 5.91 Å². The van der Waals surface area contributed by atoms with Crippen LogP contribution in [0.15, 0.2) is 30.3 Å². The topological polar surface area (TPSA) is 43.3 Å². The Morgan fingerprint density at radius 1 is 1.18 bits per heavy atom. The molecule has 2 rings (SSSR count). The number of carbonyl (C=O) groups excluding carboxylic acids is 1. The van der Waals surface area contributed by atoms with Crippen LogP contribution in [0.5, 0.6) is 0 Å². The molecule has 22 heavy (non-hydrogen) atoms. The van der Waals surface area contributed by atoms with Gasteiger partial charge in [-0.2, -0.15) is 0 Å². The molecule has 0 aliphatic rings. The number of nitrogens with one attached hydrogen (secondary N) is 1. The number of amides is 1. The minimum atomic E-state index is -0.0254. The number of methoxy groups -OCH3 is 1. The molecule has 0 unspecified atom stereocenters. The number of carbonyl (C=O) groups is 1. The number of hydrogen-bond acceptors (Lipinski definition) is 2. The van der Waals surface area contributed by atoms with Crippen LogP contribution >= 0.6 is 0 Å². The molecule has 0 aliphatic heterocycles. The van der Waals surface area contributed by atoms with Gasteiger partial charge in [-0.1, -0.05) is 17.7 Å². The van der Waals surface area contributed by atoms with Crippen molar-refractivity contribution in [3.63, 3.8) is 0 Å². The Labute approximate surface area is 132 Å². The molecule has 118 valence electrons. The number of aryl methyl sites for hydroxylation is 2. The highest BCUT2D eigenvalue weighted by molar-refractivity contribution is 5.95. The highest BCUT2D eigenvalue weighted by Gasteiger charge is 2.16. The molecule has 0 atom stereocenters. The average molecular weight is 300 g/mol. The third-order valence-corrected chi connectivity index (χ3v) is 3.78. The second kappa shape index (κ2) is 7.27. The molecule has 4 heteroatoms. The number of ether oxygens (including phenoxy) is 1. The molecule has 1 N–H and O–H groups in total. The van der Waals surface area contributed by atoms with E-state index >= 15 is 0 Å². The molecular formula is C18H24N2O2. The van der Waals surface area contributed by atoms with Crippen LogP contribution in [0.1, 0.15) is 33.7 Å². The molecule has 0 radical (unpaired) electrons. The fraction of sp³-hybridized carbons (Fsp3) is 0.389. The average Bonchev–Trinajstić information content (AvgIpc) is 2.80. The van der Waals surface area contributed by atoms with E-state index in [0.717, 1.165) is 29.1 Å². The number of benzene rings is 1. The van der Waals surface area contributed by atoms with Crippen LogP contribution in [0.3, 0.4) is 0 Å². The van der Waals surface area contributed by atoms with Gasteiger partial charge in [0.2, 0.25) is 0 Å². The van der Waals surface area contributed by atoms with E-state index in [4.69, 9.17) is 4.74 Å². The first-order valence-electron chi connectivity index (χ1n) is 7.57. The highest BCUT2D eigenvalue weighted by Crippen LogP contribution is 2.21. The predicted octanol–water partition coefficient (Wildman–Crippen LogP) is 3.17. The summed E-state index contributed by atoms with van der Waals surface area (Å²) in [6.45, 7) is 7.35. The van der Waals surface area contributed by atoms with Crippen molar-refractivity contribution in [2.24, 2.45) is 0 Å². The standard InChI is InChI=1S/C18H24N2O2/c1-13-6-8-16(9-7-13)20-14(2)12-17(15(20)3)18(21)19-10-5-11-22-4/h6-9,12H,5,10-11H2,1-4H3,(H,19,21). The molecule has 1 aromatic carbocycles. The van der Waals surface area contributed by atoms with Crippen LogP contribution in [0.4, 0.5) is 0 Å². The number of rotatable bonds is 6. The first-order valence-corrected chi connectivity index (χ1v) is 7.57. The Balaban J connectivity index is 2.19. The van der Waals surface area contributed by atoms with E-state index < -0.39 is 0 Å². The highest BCUT2D eigenvalue weighted by atomic mass is 16.5. The van der Waals surface area contributed by atoms with Crippen LogP contribution in [0.25, 0.3) is 5.69 Å².